The number of nitrogens with zero attached hydrogens (tertiary/aromatic N) is 1. The van der Waals surface area contributed by atoms with Crippen molar-refractivity contribution in [2.45, 2.75) is 26.4 Å². The van der Waals surface area contributed by atoms with Crippen LogP contribution in [0.1, 0.15) is 30.6 Å². The Bertz CT molecular complexity index is 523. The van der Waals surface area contributed by atoms with E-state index in [-0.39, 0.29) is 12.0 Å². The number of benzene rings is 1. The minimum atomic E-state index is -0.162. The molecule has 0 aliphatic rings. The Kier molecular flexibility index (Phi) is 4.52. The van der Waals surface area contributed by atoms with Crippen LogP contribution in [0, 0.1) is 0 Å². The van der Waals surface area contributed by atoms with Crippen molar-refractivity contribution in [3.05, 3.63) is 41.4 Å². The molecule has 1 aromatic heterocycles. The van der Waals surface area contributed by atoms with Crippen LogP contribution in [0.3, 0.4) is 0 Å². The zero-order valence-corrected chi connectivity index (χ0v) is 11.7. The lowest BCUT2D eigenvalue weighted by molar-refractivity contribution is 0.102. The second kappa shape index (κ2) is 6.33. The summed E-state index contributed by atoms with van der Waals surface area (Å²) >= 11 is 1.39. The molecule has 0 aliphatic carbocycles. The molecule has 2 aromatic rings. The highest BCUT2D eigenvalue weighted by Crippen LogP contribution is 2.17. The number of thiazole rings is 1. The number of hydrogen-bond donors (Lipinski definition) is 1. The molecule has 0 saturated heterocycles. The summed E-state index contributed by atoms with van der Waals surface area (Å²) < 4.78 is 5.66. The predicted octanol–water partition coefficient (Wildman–Crippen LogP) is 3.57. The topological polar surface area (TPSA) is 51.2 Å². The Balaban J connectivity index is 1.99. The molecule has 1 unspecified atom stereocenters. The number of ether oxygens (including phenoxy) is 1. The van der Waals surface area contributed by atoms with Gasteiger partial charge in [-0.15, -0.1) is 11.3 Å². The lowest BCUT2D eigenvalue weighted by atomic mass is 10.2. The zero-order valence-electron chi connectivity index (χ0n) is 10.9. The number of carbonyl (C=O) groups excluding carboxylic acids is 1. The number of hydrogen-bond acceptors (Lipinski definition) is 4. The van der Waals surface area contributed by atoms with Crippen LogP contribution >= 0.6 is 11.3 Å². The van der Waals surface area contributed by atoms with E-state index in [1.54, 1.807) is 18.3 Å². The maximum atomic E-state index is 11.9. The van der Waals surface area contributed by atoms with E-state index in [1.807, 2.05) is 24.4 Å². The third kappa shape index (κ3) is 3.79. The first-order valence-corrected chi connectivity index (χ1v) is 7.04. The average Bonchev–Trinajstić information content (AvgIpc) is 2.92. The van der Waals surface area contributed by atoms with Gasteiger partial charge in [0.25, 0.3) is 5.91 Å². The lowest BCUT2D eigenvalue weighted by Gasteiger charge is -2.12. The normalized spacial score (nSPS) is 11.9. The monoisotopic (exact) mass is 276 g/mol. The third-order valence-electron chi connectivity index (χ3n) is 2.68. The van der Waals surface area contributed by atoms with Gasteiger partial charge in [-0.25, -0.2) is 4.98 Å². The molecule has 1 N–H and O–H groups in total. The van der Waals surface area contributed by atoms with Crippen molar-refractivity contribution in [3.8, 4) is 5.75 Å². The highest BCUT2D eigenvalue weighted by atomic mass is 32.1. The Morgan fingerprint density at radius 1 is 1.42 bits per heavy atom. The molecule has 0 bridgehead atoms. The number of amides is 1. The van der Waals surface area contributed by atoms with Crippen LogP contribution in [0.4, 0.5) is 5.13 Å². The molecule has 5 heteroatoms. The van der Waals surface area contributed by atoms with E-state index >= 15 is 0 Å². The van der Waals surface area contributed by atoms with Crippen LogP contribution < -0.4 is 10.1 Å². The highest BCUT2D eigenvalue weighted by molar-refractivity contribution is 7.13. The third-order valence-corrected chi connectivity index (χ3v) is 3.37. The van der Waals surface area contributed by atoms with E-state index in [0.717, 1.165) is 12.2 Å². The molecular weight excluding hydrogens is 260 g/mol. The highest BCUT2D eigenvalue weighted by Gasteiger charge is 2.08. The van der Waals surface area contributed by atoms with Gasteiger partial charge in [-0.3, -0.25) is 10.1 Å². The molecule has 0 spiro atoms. The van der Waals surface area contributed by atoms with Gasteiger partial charge < -0.3 is 4.74 Å². The molecule has 1 atom stereocenters. The van der Waals surface area contributed by atoms with E-state index in [9.17, 15) is 4.79 Å². The number of nitrogens with one attached hydrogen (secondary N) is 1. The van der Waals surface area contributed by atoms with Crippen LogP contribution in [0.15, 0.2) is 35.8 Å². The molecule has 0 aliphatic heterocycles. The molecule has 0 radical (unpaired) electrons. The van der Waals surface area contributed by atoms with Crippen molar-refractivity contribution >= 4 is 22.4 Å². The standard InChI is InChI=1S/C14H16N2O2S/c1-3-10(2)18-12-6-4-11(5-7-12)13(17)16-14-15-8-9-19-14/h4-10H,3H2,1-2H3,(H,15,16,17). The number of anilines is 1. The van der Waals surface area contributed by atoms with Crippen molar-refractivity contribution in [1.29, 1.82) is 0 Å². The molecule has 100 valence electrons. The largest absolute Gasteiger partial charge is 0.491 e. The van der Waals surface area contributed by atoms with Crippen LogP contribution in [-0.2, 0) is 0 Å². The SMILES string of the molecule is CCC(C)Oc1ccc(C(=O)Nc2nccs2)cc1. The van der Waals surface area contributed by atoms with E-state index in [4.69, 9.17) is 4.74 Å². The van der Waals surface area contributed by atoms with Gasteiger partial charge in [0.1, 0.15) is 5.75 Å². The summed E-state index contributed by atoms with van der Waals surface area (Å²) in [5.74, 6) is 0.616. The second-order valence-corrected chi connectivity index (χ2v) is 5.05. The first-order chi connectivity index (χ1) is 9.19. The summed E-state index contributed by atoms with van der Waals surface area (Å²) in [5, 5.41) is 5.16. The van der Waals surface area contributed by atoms with Crippen molar-refractivity contribution in [2.75, 3.05) is 5.32 Å². The maximum absolute atomic E-state index is 11.9. The Labute approximate surface area is 116 Å². The fourth-order valence-electron chi connectivity index (χ4n) is 1.45. The minimum absolute atomic E-state index is 0.162. The molecule has 0 fully saturated rings. The van der Waals surface area contributed by atoms with E-state index in [2.05, 4.69) is 17.2 Å². The van der Waals surface area contributed by atoms with Gasteiger partial charge in [0.2, 0.25) is 0 Å². The predicted molar refractivity (Wildman–Crippen MR) is 76.9 cm³/mol. The summed E-state index contributed by atoms with van der Waals surface area (Å²) in [6.07, 6.45) is 2.78. The van der Waals surface area contributed by atoms with Gasteiger partial charge in [-0.2, -0.15) is 0 Å². The fraction of sp³-hybridized carbons (Fsp3) is 0.286. The summed E-state index contributed by atoms with van der Waals surface area (Å²) in [6.45, 7) is 4.09. The van der Waals surface area contributed by atoms with Crippen LogP contribution in [0.2, 0.25) is 0 Å². The van der Waals surface area contributed by atoms with Crippen molar-refractivity contribution in [3.63, 3.8) is 0 Å². The average molecular weight is 276 g/mol. The molecule has 4 nitrogen and oxygen atoms in total. The van der Waals surface area contributed by atoms with Crippen molar-refractivity contribution < 1.29 is 9.53 Å². The number of rotatable bonds is 5. The van der Waals surface area contributed by atoms with Gasteiger partial charge >= 0.3 is 0 Å². The fourth-order valence-corrected chi connectivity index (χ4v) is 1.98. The quantitative estimate of drug-likeness (QED) is 0.908. The Morgan fingerprint density at radius 2 is 2.16 bits per heavy atom. The molecule has 1 aromatic carbocycles. The number of carbonyl (C=O) groups is 1. The summed E-state index contributed by atoms with van der Waals surface area (Å²) in [4.78, 5) is 15.9. The molecule has 1 amide bonds. The Morgan fingerprint density at radius 3 is 2.74 bits per heavy atom. The Hall–Kier alpha value is -1.88. The molecule has 19 heavy (non-hydrogen) atoms. The van der Waals surface area contributed by atoms with Crippen molar-refractivity contribution in [1.82, 2.24) is 4.98 Å². The summed E-state index contributed by atoms with van der Waals surface area (Å²) in [6, 6.07) is 7.12. The summed E-state index contributed by atoms with van der Waals surface area (Å²) in [5.41, 5.74) is 0.590. The minimum Gasteiger partial charge on any atom is -0.491 e. The first kappa shape index (κ1) is 13.5. The first-order valence-electron chi connectivity index (χ1n) is 6.16. The van der Waals surface area contributed by atoms with Gasteiger partial charge in [0.05, 0.1) is 6.10 Å². The zero-order chi connectivity index (χ0) is 13.7. The van der Waals surface area contributed by atoms with E-state index in [0.29, 0.717) is 10.7 Å². The molecule has 1 heterocycles. The smallest absolute Gasteiger partial charge is 0.257 e. The molecule has 0 saturated carbocycles. The van der Waals surface area contributed by atoms with Gasteiger partial charge in [0, 0.05) is 17.1 Å². The van der Waals surface area contributed by atoms with Crippen molar-refractivity contribution in [2.24, 2.45) is 0 Å². The van der Waals surface area contributed by atoms with E-state index in [1.165, 1.54) is 11.3 Å². The van der Waals surface area contributed by atoms with Crippen LogP contribution in [0.5, 0.6) is 5.75 Å². The number of aromatic nitrogens is 1. The van der Waals surface area contributed by atoms with Crippen LogP contribution in [0.25, 0.3) is 0 Å². The molecule has 2 rings (SSSR count). The second-order valence-electron chi connectivity index (χ2n) is 4.15. The maximum Gasteiger partial charge on any atom is 0.257 e. The molecular formula is C14H16N2O2S. The van der Waals surface area contributed by atoms with Gasteiger partial charge in [0.15, 0.2) is 5.13 Å². The summed E-state index contributed by atoms with van der Waals surface area (Å²) in [7, 11) is 0. The van der Waals surface area contributed by atoms with Crippen LogP contribution in [-0.4, -0.2) is 17.0 Å². The van der Waals surface area contributed by atoms with Gasteiger partial charge in [-0.1, -0.05) is 6.92 Å². The lowest BCUT2D eigenvalue weighted by Crippen LogP contribution is -2.12. The van der Waals surface area contributed by atoms with Gasteiger partial charge in [-0.05, 0) is 37.6 Å². The van der Waals surface area contributed by atoms with E-state index < -0.39 is 0 Å².